The molecule has 24 heavy (non-hydrogen) atoms. The Bertz CT molecular complexity index is 705. The number of nitrogens with zero attached hydrogens (tertiary/aromatic N) is 3. The molecule has 3 rings (SSSR count). The van der Waals surface area contributed by atoms with Crippen LogP contribution in [-0.4, -0.2) is 45.8 Å². The van der Waals surface area contributed by atoms with E-state index in [2.05, 4.69) is 15.7 Å². The smallest absolute Gasteiger partial charge is 0.323 e. The van der Waals surface area contributed by atoms with Crippen molar-refractivity contribution in [3.05, 3.63) is 48.2 Å². The number of carbonyl (C=O) groups is 2. The first-order chi connectivity index (χ1) is 11.6. The molecule has 1 saturated heterocycles. The van der Waals surface area contributed by atoms with E-state index in [1.807, 2.05) is 18.2 Å². The molecular formula is C17H21N5O2. The number of aromatic nitrogens is 2. The van der Waals surface area contributed by atoms with Crippen molar-refractivity contribution in [3.63, 3.8) is 0 Å². The molecule has 3 amide bonds. The average molecular weight is 327 g/mol. The van der Waals surface area contributed by atoms with Crippen LogP contribution in [0, 0.1) is 0 Å². The van der Waals surface area contributed by atoms with Crippen LogP contribution >= 0.6 is 0 Å². The molecule has 2 heterocycles. The molecule has 0 atom stereocenters. The van der Waals surface area contributed by atoms with Gasteiger partial charge in [0.1, 0.15) is 0 Å². The third kappa shape index (κ3) is 3.92. The molecule has 0 bridgehead atoms. The van der Waals surface area contributed by atoms with Gasteiger partial charge in [-0.3, -0.25) is 14.8 Å². The number of benzene rings is 1. The van der Waals surface area contributed by atoms with Gasteiger partial charge in [-0.2, -0.15) is 5.10 Å². The molecule has 1 fully saturated rings. The maximum Gasteiger partial charge on any atom is 0.323 e. The van der Waals surface area contributed by atoms with Gasteiger partial charge in [-0.25, -0.2) is 4.79 Å². The highest BCUT2D eigenvalue weighted by Gasteiger charge is 2.24. The van der Waals surface area contributed by atoms with Crippen LogP contribution in [0.1, 0.15) is 23.2 Å². The Morgan fingerprint density at radius 2 is 1.83 bits per heavy atom. The first-order valence-electron chi connectivity index (χ1n) is 8.03. The van der Waals surface area contributed by atoms with Gasteiger partial charge in [-0.05, 0) is 25.0 Å². The monoisotopic (exact) mass is 327 g/mol. The Morgan fingerprint density at radius 3 is 2.46 bits per heavy atom. The van der Waals surface area contributed by atoms with E-state index in [4.69, 9.17) is 0 Å². The van der Waals surface area contributed by atoms with Gasteiger partial charge in [0, 0.05) is 44.0 Å². The summed E-state index contributed by atoms with van der Waals surface area (Å²) in [6.07, 6.45) is 3.27. The van der Waals surface area contributed by atoms with E-state index < -0.39 is 0 Å². The van der Waals surface area contributed by atoms with Gasteiger partial charge in [-0.15, -0.1) is 0 Å². The van der Waals surface area contributed by atoms with Gasteiger partial charge in [0.2, 0.25) is 0 Å². The zero-order chi connectivity index (χ0) is 16.9. The van der Waals surface area contributed by atoms with Gasteiger partial charge >= 0.3 is 6.03 Å². The largest absolute Gasteiger partial charge is 0.349 e. The van der Waals surface area contributed by atoms with E-state index in [1.54, 1.807) is 41.0 Å². The average Bonchev–Trinajstić information content (AvgIpc) is 3.01. The topological polar surface area (TPSA) is 79.3 Å². The summed E-state index contributed by atoms with van der Waals surface area (Å²) < 4.78 is 1.64. The summed E-state index contributed by atoms with van der Waals surface area (Å²) in [7, 11) is 1.80. The lowest BCUT2D eigenvalue weighted by atomic mass is 10.0. The zero-order valence-corrected chi connectivity index (χ0v) is 13.6. The van der Waals surface area contributed by atoms with E-state index >= 15 is 0 Å². The highest BCUT2D eigenvalue weighted by molar-refractivity contribution is 5.94. The molecule has 0 aliphatic carbocycles. The molecule has 1 aromatic carbocycles. The van der Waals surface area contributed by atoms with Crippen molar-refractivity contribution in [1.82, 2.24) is 20.0 Å². The fourth-order valence-corrected chi connectivity index (χ4v) is 2.76. The first-order valence-corrected chi connectivity index (χ1v) is 8.03. The molecule has 1 aliphatic heterocycles. The van der Waals surface area contributed by atoms with Crippen molar-refractivity contribution in [2.75, 3.05) is 18.4 Å². The molecular weight excluding hydrogens is 306 g/mol. The van der Waals surface area contributed by atoms with Crippen molar-refractivity contribution in [2.45, 2.75) is 18.9 Å². The van der Waals surface area contributed by atoms with E-state index in [1.165, 1.54) is 0 Å². The molecule has 0 unspecified atom stereocenters. The number of carbonyl (C=O) groups excluding carboxylic acids is 2. The van der Waals surface area contributed by atoms with Crippen LogP contribution in [0.3, 0.4) is 0 Å². The second kappa shape index (κ2) is 7.16. The third-order valence-corrected chi connectivity index (χ3v) is 4.10. The van der Waals surface area contributed by atoms with Crippen LogP contribution in [0.2, 0.25) is 0 Å². The molecule has 2 N–H and O–H groups in total. The summed E-state index contributed by atoms with van der Waals surface area (Å²) in [5, 5.41) is 9.95. The Morgan fingerprint density at radius 1 is 1.12 bits per heavy atom. The molecule has 0 spiro atoms. The van der Waals surface area contributed by atoms with Crippen LogP contribution < -0.4 is 10.6 Å². The highest BCUT2D eigenvalue weighted by atomic mass is 16.2. The molecule has 7 heteroatoms. The molecule has 126 valence electrons. The third-order valence-electron chi connectivity index (χ3n) is 4.10. The maximum absolute atomic E-state index is 12.2. The van der Waals surface area contributed by atoms with Gasteiger partial charge in [0.25, 0.3) is 5.91 Å². The van der Waals surface area contributed by atoms with Crippen LogP contribution in [-0.2, 0) is 7.05 Å². The van der Waals surface area contributed by atoms with Crippen molar-refractivity contribution < 1.29 is 9.59 Å². The molecule has 1 aromatic heterocycles. The number of amides is 3. The van der Waals surface area contributed by atoms with E-state index in [-0.39, 0.29) is 18.0 Å². The SMILES string of the molecule is Cn1ccc(NC(=O)N2CCC(NC(=O)c3ccccc3)CC2)n1. The number of anilines is 1. The second-order valence-corrected chi connectivity index (χ2v) is 5.91. The Labute approximate surface area is 140 Å². The predicted molar refractivity (Wildman–Crippen MR) is 90.7 cm³/mol. The molecule has 0 radical (unpaired) electrons. The van der Waals surface area contributed by atoms with Crippen LogP contribution in [0.4, 0.5) is 10.6 Å². The number of hydrogen-bond acceptors (Lipinski definition) is 3. The highest BCUT2D eigenvalue weighted by Crippen LogP contribution is 2.13. The van der Waals surface area contributed by atoms with Crippen molar-refractivity contribution in [3.8, 4) is 0 Å². The van der Waals surface area contributed by atoms with Crippen molar-refractivity contribution in [1.29, 1.82) is 0 Å². The normalized spacial score (nSPS) is 15.1. The quantitative estimate of drug-likeness (QED) is 0.903. The van der Waals surface area contributed by atoms with Crippen LogP contribution in [0.15, 0.2) is 42.6 Å². The minimum absolute atomic E-state index is 0.0630. The number of nitrogens with one attached hydrogen (secondary N) is 2. The summed E-state index contributed by atoms with van der Waals surface area (Å²) in [6.45, 7) is 1.22. The van der Waals surface area contributed by atoms with Gasteiger partial charge in [-0.1, -0.05) is 18.2 Å². The second-order valence-electron chi connectivity index (χ2n) is 5.91. The minimum atomic E-state index is -0.151. The fraction of sp³-hybridized carbons (Fsp3) is 0.353. The summed E-state index contributed by atoms with van der Waals surface area (Å²) in [5.74, 6) is 0.481. The fourth-order valence-electron chi connectivity index (χ4n) is 2.76. The van der Waals surface area contributed by atoms with Crippen molar-refractivity contribution in [2.24, 2.45) is 7.05 Å². The maximum atomic E-state index is 12.2. The number of hydrogen-bond donors (Lipinski definition) is 2. The van der Waals surface area contributed by atoms with E-state index in [0.29, 0.717) is 24.5 Å². The van der Waals surface area contributed by atoms with Gasteiger partial charge < -0.3 is 10.2 Å². The van der Waals surface area contributed by atoms with Crippen molar-refractivity contribution >= 4 is 17.8 Å². The van der Waals surface area contributed by atoms with Gasteiger partial charge in [0.05, 0.1) is 0 Å². The van der Waals surface area contributed by atoms with Crippen LogP contribution in [0.25, 0.3) is 0 Å². The first kappa shape index (κ1) is 16.0. The predicted octanol–water partition coefficient (Wildman–Crippen LogP) is 1.85. The standard InChI is InChI=1S/C17H21N5O2/c1-21-10-9-15(20-21)19-17(24)22-11-7-14(8-12-22)18-16(23)13-5-3-2-4-6-13/h2-6,9-10,14H,7-8,11-12H2,1H3,(H,18,23)(H,19,20,24). The number of likely N-dealkylation sites (tertiary alicyclic amines) is 1. The lowest BCUT2D eigenvalue weighted by molar-refractivity contribution is 0.0919. The molecule has 1 aliphatic rings. The summed E-state index contributed by atoms with van der Waals surface area (Å²) in [5.41, 5.74) is 0.660. The number of piperidine rings is 1. The van der Waals surface area contributed by atoms with Gasteiger partial charge in [0.15, 0.2) is 5.82 Å². The molecule has 7 nitrogen and oxygen atoms in total. The number of urea groups is 1. The van der Waals surface area contributed by atoms with E-state index in [0.717, 1.165) is 12.8 Å². The lowest BCUT2D eigenvalue weighted by Crippen LogP contribution is -2.47. The summed E-state index contributed by atoms with van der Waals surface area (Å²) in [4.78, 5) is 26.1. The molecule has 2 aromatic rings. The Balaban J connectivity index is 1.47. The van der Waals surface area contributed by atoms with Crippen LogP contribution in [0.5, 0.6) is 0 Å². The lowest BCUT2D eigenvalue weighted by Gasteiger charge is -2.32. The minimum Gasteiger partial charge on any atom is -0.349 e. The summed E-state index contributed by atoms with van der Waals surface area (Å²) in [6, 6.07) is 10.9. The Kier molecular flexibility index (Phi) is 4.79. The Hall–Kier alpha value is -2.83. The zero-order valence-electron chi connectivity index (χ0n) is 13.6. The molecule has 0 saturated carbocycles. The van der Waals surface area contributed by atoms with E-state index in [9.17, 15) is 9.59 Å². The summed E-state index contributed by atoms with van der Waals surface area (Å²) >= 11 is 0. The number of rotatable bonds is 3. The number of aryl methyl sites for hydroxylation is 1.